The summed E-state index contributed by atoms with van der Waals surface area (Å²) < 4.78 is 5.74. The van der Waals surface area contributed by atoms with Crippen LogP contribution in [0.3, 0.4) is 0 Å². The Bertz CT molecular complexity index is 494. The highest BCUT2D eigenvalue weighted by molar-refractivity contribution is 7.99. The predicted molar refractivity (Wildman–Crippen MR) is 78.6 cm³/mol. The third kappa shape index (κ3) is 3.81. The van der Waals surface area contributed by atoms with Crippen molar-refractivity contribution in [1.82, 2.24) is 0 Å². The lowest BCUT2D eigenvalue weighted by atomic mass is 10.1. The van der Waals surface area contributed by atoms with Crippen LogP contribution in [0.1, 0.15) is 11.1 Å². The van der Waals surface area contributed by atoms with E-state index in [4.69, 9.17) is 4.74 Å². The fraction of sp³-hybridized carbons (Fsp3) is 0.250. The van der Waals surface area contributed by atoms with Crippen LogP contribution in [-0.4, -0.2) is 12.4 Å². The normalized spacial score (nSPS) is 10.3. The zero-order chi connectivity index (χ0) is 12.8. The van der Waals surface area contributed by atoms with Gasteiger partial charge >= 0.3 is 0 Å². The van der Waals surface area contributed by atoms with Gasteiger partial charge in [0.15, 0.2) is 0 Å². The molecule has 1 nitrogen and oxygen atoms in total. The molecule has 2 aromatic carbocycles. The number of thioether (sulfide) groups is 1. The summed E-state index contributed by atoms with van der Waals surface area (Å²) in [7, 11) is 0. The quantitative estimate of drug-likeness (QED) is 0.578. The van der Waals surface area contributed by atoms with Crippen molar-refractivity contribution in [3.8, 4) is 5.75 Å². The van der Waals surface area contributed by atoms with Crippen LogP contribution in [0.25, 0.3) is 0 Å². The van der Waals surface area contributed by atoms with Crippen LogP contribution in [0.5, 0.6) is 5.75 Å². The predicted octanol–water partition coefficient (Wildman–Crippen LogP) is 4.47. The first-order valence-electron chi connectivity index (χ1n) is 6.13. The van der Waals surface area contributed by atoms with Crippen molar-refractivity contribution in [2.24, 2.45) is 0 Å². The zero-order valence-electron chi connectivity index (χ0n) is 10.8. The molecule has 0 bridgehead atoms. The maximum Gasteiger partial charge on any atom is 0.119 e. The number of ether oxygens (including phenoxy) is 1. The standard InChI is InChI=1S/C16H18OS/c1-13-8-9-15(12-14(13)2)17-10-11-18-16-6-4-3-5-7-16/h3-9,12H,10-11H2,1-2H3. The van der Waals surface area contributed by atoms with Crippen molar-refractivity contribution in [3.63, 3.8) is 0 Å². The average Bonchev–Trinajstić information content (AvgIpc) is 2.40. The second kappa shape index (κ2) is 6.50. The van der Waals surface area contributed by atoms with Gasteiger partial charge in [-0.3, -0.25) is 0 Å². The van der Waals surface area contributed by atoms with Crippen LogP contribution in [0.2, 0.25) is 0 Å². The minimum atomic E-state index is 0.738. The summed E-state index contributed by atoms with van der Waals surface area (Å²) in [4.78, 5) is 1.29. The van der Waals surface area contributed by atoms with Crippen molar-refractivity contribution in [2.75, 3.05) is 12.4 Å². The fourth-order valence-corrected chi connectivity index (χ4v) is 2.39. The molecule has 18 heavy (non-hydrogen) atoms. The van der Waals surface area contributed by atoms with Gasteiger partial charge in [0, 0.05) is 10.6 Å². The van der Waals surface area contributed by atoms with Crippen LogP contribution in [0.4, 0.5) is 0 Å². The van der Waals surface area contributed by atoms with E-state index in [0.29, 0.717) is 0 Å². The van der Waals surface area contributed by atoms with E-state index in [9.17, 15) is 0 Å². The van der Waals surface area contributed by atoms with Crippen molar-refractivity contribution >= 4 is 11.8 Å². The van der Waals surface area contributed by atoms with E-state index in [1.807, 2.05) is 23.9 Å². The van der Waals surface area contributed by atoms with E-state index in [1.165, 1.54) is 16.0 Å². The first-order valence-corrected chi connectivity index (χ1v) is 7.12. The molecule has 94 valence electrons. The molecule has 0 N–H and O–H groups in total. The summed E-state index contributed by atoms with van der Waals surface area (Å²) in [6.45, 7) is 4.97. The SMILES string of the molecule is Cc1ccc(OCCSc2ccccc2)cc1C. The molecule has 0 aliphatic rings. The van der Waals surface area contributed by atoms with Crippen molar-refractivity contribution < 1.29 is 4.74 Å². The summed E-state index contributed by atoms with van der Waals surface area (Å²) in [6.07, 6.45) is 0. The Morgan fingerprint density at radius 2 is 1.72 bits per heavy atom. The van der Waals surface area contributed by atoms with Crippen molar-refractivity contribution in [3.05, 3.63) is 59.7 Å². The third-order valence-electron chi connectivity index (χ3n) is 2.84. The van der Waals surface area contributed by atoms with E-state index < -0.39 is 0 Å². The van der Waals surface area contributed by atoms with Gasteiger partial charge < -0.3 is 4.74 Å². The maximum atomic E-state index is 5.74. The zero-order valence-corrected chi connectivity index (χ0v) is 11.7. The van der Waals surface area contributed by atoms with E-state index in [2.05, 4.69) is 50.2 Å². The van der Waals surface area contributed by atoms with Crippen LogP contribution >= 0.6 is 11.8 Å². The molecule has 0 atom stereocenters. The van der Waals surface area contributed by atoms with Crippen LogP contribution < -0.4 is 4.74 Å². The Labute approximate surface area is 113 Å². The highest BCUT2D eigenvalue weighted by atomic mass is 32.2. The summed E-state index contributed by atoms with van der Waals surface area (Å²) in [5.41, 5.74) is 2.59. The monoisotopic (exact) mass is 258 g/mol. The topological polar surface area (TPSA) is 9.23 Å². The van der Waals surface area contributed by atoms with Crippen LogP contribution in [0, 0.1) is 13.8 Å². The van der Waals surface area contributed by atoms with Gasteiger partial charge in [0.2, 0.25) is 0 Å². The molecule has 0 aromatic heterocycles. The highest BCUT2D eigenvalue weighted by Crippen LogP contribution is 2.19. The lowest BCUT2D eigenvalue weighted by molar-refractivity contribution is 0.343. The summed E-state index contributed by atoms with van der Waals surface area (Å²) >= 11 is 1.82. The van der Waals surface area contributed by atoms with Gasteiger partial charge in [-0.15, -0.1) is 11.8 Å². The maximum absolute atomic E-state index is 5.74. The molecule has 2 heteroatoms. The molecule has 0 aliphatic carbocycles. The van der Waals surface area contributed by atoms with Gasteiger partial charge in [-0.05, 0) is 49.2 Å². The largest absolute Gasteiger partial charge is 0.493 e. The van der Waals surface area contributed by atoms with Crippen LogP contribution in [-0.2, 0) is 0 Å². The Morgan fingerprint density at radius 3 is 2.44 bits per heavy atom. The Hall–Kier alpha value is -1.41. The molecule has 0 fully saturated rings. The number of hydrogen-bond donors (Lipinski definition) is 0. The van der Waals surface area contributed by atoms with E-state index in [0.717, 1.165) is 18.1 Å². The first-order chi connectivity index (χ1) is 8.75. The summed E-state index contributed by atoms with van der Waals surface area (Å²) in [6, 6.07) is 16.7. The van der Waals surface area contributed by atoms with E-state index >= 15 is 0 Å². The molecule has 0 radical (unpaired) electrons. The Balaban J connectivity index is 1.77. The first kappa shape index (κ1) is 13.0. The fourth-order valence-electron chi connectivity index (χ4n) is 1.64. The van der Waals surface area contributed by atoms with Gasteiger partial charge in [-0.1, -0.05) is 24.3 Å². The molecule has 0 heterocycles. The van der Waals surface area contributed by atoms with Gasteiger partial charge in [-0.2, -0.15) is 0 Å². The lowest BCUT2D eigenvalue weighted by Gasteiger charge is -2.08. The van der Waals surface area contributed by atoms with Gasteiger partial charge in [0.05, 0.1) is 6.61 Å². The summed E-state index contributed by atoms with van der Waals surface area (Å²) in [5.74, 6) is 1.93. The van der Waals surface area contributed by atoms with Crippen molar-refractivity contribution in [1.29, 1.82) is 0 Å². The number of rotatable bonds is 5. The highest BCUT2D eigenvalue weighted by Gasteiger charge is 1.98. The molecule has 0 amide bonds. The molecule has 2 aromatic rings. The number of benzene rings is 2. The molecule has 0 unspecified atom stereocenters. The van der Waals surface area contributed by atoms with Gasteiger partial charge in [0.25, 0.3) is 0 Å². The lowest BCUT2D eigenvalue weighted by Crippen LogP contribution is -2.00. The minimum Gasteiger partial charge on any atom is -0.493 e. The number of aryl methyl sites for hydroxylation is 2. The minimum absolute atomic E-state index is 0.738. The Kier molecular flexibility index (Phi) is 4.71. The molecule has 0 aliphatic heterocycles. The Morgan fingerprint density at radius 1 is 0.944 bits per heavy atom. The van der Waals surface area contributed by atoms with E-state index in [1.54, 1.807) is 0 Å². The van der Waals surface area contributed by atoms with Crippen molar-refractivity contribution in [2.45, 2.75) is 18.7 Å². The molecule has 0 saturated heterocycles. The smallest absolute Gasteiger partial charge is 0.119 e. The van der Waals surface area contributed by atoms with E-state index in [-0.39, 0.29) is 0 Å². The third-order valence-corrected chi connectivity index (χ3v) is 3.82. The molecule has 0 saturated carbocycles. The summed E-state index contributed by atoms with van der Waals surface area (Å²) in [5, 5.41) is 0. The molecule has 0 spiro atoms. The second-order valence-corrected chi connectivity index (χ2v) is 5.42. The molecule has 2 rings (SSSR count). The number of hydrogen-bond acceptors (Lipinski definition) is 2. The second-order valence-electron chi connectivity index (χ2n) is 4.26. The average molecular weight is 258 g/mol. The van der Waals surface area contributed by atoms with Gasteiger partial charge in [-0.25, -0.2) is 0 Å². The molecular weight excluding hydrogens is 240 g/mol. The van der Waals surface area contributed by atoms with Crippen LogP contribution in [0.15, 0.2) is 53.4 Å². The molecular formula is C16H18OS. The van der Waals surface area contributed by atoms with Gasteiger partial charge in [0.1, 0.15) is 5.75 Å².